The number of para-hydroxylation sites is 1. The number of rotatable bonds is 8. The Hall–Kier alpha value is -3.98. The molecule has 1 saturated heterocycles. The fourth-order valence-electron chi connectivity index (χ4n) is 4.18. The van der Waals surface area contributed by atoms with Crippen LogP contribution in [-0.4, -0.2) is 58.9 Å². The SMILES string of the molecule is CCCC(=O)Nc1ccccc1-c1ccnc(Nc2ccc(N3CCN(C(=O)C(C)N)CC3)cc2)n1. The lowest BCUT2D eigenvalue weighted by Gasteiger charge is -2.36. The number of hydrogen-bond acceptors (Lipinski definition) is 7. The van der Waals surface area contributed by atoms with Crippen LogP contribution >= 0.6 is 0 Å². The molecule has 0 radical (unpaired) electrons. The highest BCUT2D eigenvalue weighted by atomic mass is 16.2. The van der Waals surface area contributed by atoms with Crippen LogP contribution in [0.5, 0.6) is 0 Å². The van der Waals surface area contributed by atoms with Crippen LogP contribution in [0, 0.1) is 0 Å². The first kappa shape index (κ1) is 25.1. The molecule has 1 fully saturated rings. The predicted molar refractivity (Wildman–Crippen MR) is 143 cm³/mol. The van der Waals surface area contributed by atoms with Gasteiger partial charge in [0.2, 0.25) is 17.8 Å². The highest BCUT2D eigenvalue weighted by Crippen LogP contribution is 2.28. The molecule has 2 heterocycles. The van der Waals surface area contributed by atoms with Crippen molar-refractivity contribution in [1.82, 2.24) is 14.9 Å². The first-order valence-corrected chi connectivity index (χ1v) is 12.3. The van der Waals surface area contributed by atoms with Crippen LogP contribution in [0.2, 0.25) is 0 Å². The maximum absolute atomic E-state index is 12.1. The summed E-state index contributed by atoms with van der Waals surface area (Å²) in [5.74, 6) is 0.458. The van der Waals surface area contributed by atoms with E-state index in [0.29, 0.717) is 25.5 Å². The van der Waals surface area contributed by atoms with Crippen molar-refractivity contribution in [2.24, 2.45) is 5.73 Å². The number of amides is 2. The topological polar surface area (TPSA) is 116 Å². The smallest absolute Gasteiger partial charge is 0.239 e. The van der Waals surface area contributed by atoms with Crippen molar-refractivity contribution in [3.63, 3.8) is 0 Å². The van der Waals surface area contributed by atoms with E-state index in [2.05, 4.69) is 25.5 Å². The Morgan fingerprint density at radius 3 is 2.44 bits per heavy atom. The summed E-state index contributed by atoms with van der Waals surface area (Å²) < 4.78 is 0. The molecule has 2 aromatic carbocycles. The predicted octanol–water partition coefficient (Wildman–Crippen LogP) is 3.62. The van der Waals surface area contributed by atoms with Gasteiger partial charge in [0, 0.05) is 55.7 Å². The second-order valence-corrected chi connectivity index (χ2v) is 8.88. The average molecular weight is 488 g/mol. The molecule has 4 N–H and O–H groups in total. The van der Waals surface area contributed by atoms with E-state index in [9.17, 15) is 9.59 Å². The quantitative estimate of drug-likeness (QED) is 0.444. The van der Waals surface area contributed by atoms with Gasteiger partial charge in [0.05, 0.1) is 17.4 Å². The third kappa shape index (κ3) is 6.17. The molecule has 2 amide bonds. The fourth-order valence-corrected chi connectivity index (χ4v) is 4.18. The van der Waals surface area contributed by atoms with Crippen LogP contribution < -0.4 is 21.3 Å². The van der Waals surface area contributed by atoms with E-state index in [-0.39, 0.29) is 11.8 Å². The zero-order valence-electron chi connectivity index (χ0n) is 20.8. The van der Waals surface area contributed by atoms with Crippen LogP contribution in [0.4, 0.5) is 23.0 Å². The lowest BCUT2D eigenvalue weighted by Crippen LogP contribution is -2.52. The maximum Gasteiger partial charge on any atom is 0.239 e. The molecular formula is C27H33N7O2. The number of hydrogen-bond donors (Lipinski definition) is 3. The highest BCUT2D eigenvalue weighted by molar-refractivity contribution is 5.95. The van der Waals surface area contributed by atoms with E-state index >= 15 is 0 Å². The van der Waals surface area contributed by atoms with Crippen molar-refractivity contribution in [1.29, 1.82) is 0 Å². The van der Waals surface area contributed by atoms with E-state index in [0.717, 1.165) is 47.8 Å². The van der Waals surface area contributed by atoms with Gasteiger partial charge in [-0.1, -0.05) is 25.1 Å². The van der Waals surface area contributed by atoms with Crippen LogP contribution in [0.3, 0.4) is 0 Å². The van der Waals surface area contributed by atoms with Crippen molar-refractivity contribution in [2.45, 2.75) is 32.7 Å². The minimum absolute atomic E-state index is 0.00221. The number of anilines is 4. The van der Waals surface area contributed by atoms with E-state index in [1.165, 1.54) is 0 Å². The molecule has 1 aliphatic rings. The number of aromatic nitrogens is 2. The zero-order valence-corrected chi connectivity index (χ0v) is 20.8. The molecule has 188 valence electrons. The van der Waals surface area contributed by atoms with Gasteiger partial charge in [-0.25, -0.2) is 9.97 Å². The first-order valence-electron chi connectivity index (χ1n) is 12.3. The third-order valence-electron chi connectivity index (χ3n) is 6.08. The molecule has 3 aromatic rings. The summed E-state index contributed by atoms with van der Waals surface area (Å²) in [4.78, 5) is 37.4. The average Bonchev–Trinajstić information content (AvgIpc) is 2.89. The molecule has 1 unspecified atom stereocenters. The van der Waals surface area contributed by atoms with E-state index < -0.39 is 6.04 Å². The molecule has 9 heteroatoms. The van der Waals surface area contributed by atoms with Gasteiger partial charge in [0.25, 0.3) is 0 Å². The Morgan fingerprint density at radius 1 is 1.03 bits per heavy atom. The van der Waals surface area contributed by atoms with Crippen molar-refractivity contribution < 1.29 is 9.59 Å². The van der Waals surface area contributed by atoms with Gasteiger partial charge < -0.3 is 26.2 Å². The number of nitrogens with two attached hydrogens (primary N) is 1. The molecule has 1 aliphatic heterocycles. The first-order chi connectivity index (χ1) is 17.4. The summed E-state index contributed by atoms with van der Waals surface area (Å²) in [7, 11) is 0. The summed E-state index contributed by atoms with van der Waals surface area (Å²) in [5, 5.41) is 6.24. The molecule has 0 aliphatic carbocycles. The molecule has 4 rings (SSSR count). The molecular weight excluding hydrogens is 454 g/mol. The van der Waals surface area contributed by atoms with Crippen molar-refractivity contribution in [3.8, 4) is 11.3 Å². The van der Waals surface area contributed by atoms with Crippen molar-refractivity contribution >= 4 is 34.8 Å². The monoisotopic (exact) mass is 487 g/mol. The van der Waals surface area contributed by atoms with E-state index in [1.54, 1.807) is 13.1 Å². The number of nitrogens with one attached hydrogen (secondary N) is 2. The lowest BCUT2D eigenvalue weighted by molar-refractivity contribution is -0.132. The summed E-state index contributed by atoms with van der Waals surface area (Å²) in [6, 6.07) is 17.1. The Balaban J connectivity index is 1.42. The van der Waals surface area contributed by atoms with E-state index in [1.807, 2.05) is 66.4 Å². The number of carbonyl (C=O) groups is 2. The van der Waals surface area contributed by atoms with E-state index in [4.69, 9.17) is 5.73 Å². The maximum atomic E-state index is 12.1. The van der Waals surface area contributed by atoms with Gasteiger partial charge in [-0.05, 0) is 49.7 Å². The number of piperazine rings is 1. The summed E-state index contributed by atoms with van der Waals surface area (Å²) in [5.41, 5.74) is 9.98. The molecule has 0 spiro atoms. The Morgan fingerprint density at radius 2 is 1.75 bits per heavy atom. The van der Waals surface area contributed by atoms with Gasteiger partial charge in [-0.2, -0.15) is 0 Å². The van der Waals surface area contributed by atoms with Gasteiger partial charge >= 0.3 is 0 Å². The standard InChI is InChI=1S/C27H33N7O2/c1-3-6-25(35)31-23-8-5-4-7-22(23)24-13-14-29-27(32-24)30-20-9-11-21(12-10-20)33-15-17-34(18-16-33)26(36)19(2)28/h4-5,7-14,19H,3,6,15-18,28H2,1-2H3,(H,31,35)(H,29,30,32). The molecule has 1 atom stereocenters. The minimum Gasteiger partial charge on any atom is -0.368 e. The van der Waals surface area contributed by atoms with Crippen molar-refractivity contribution in [3.05, 3.63) is 60.8 Å². The molecule has 0 saturated carbocycles. The Kier molecular flexibility index (Phi) is 8.12. The second kappa shape index (κ2) is 11.6. The third-order valence-corrected chi connectivity index (χ3v) is 6.08. The largest absolute Gasteiger partial charge is 0.368 e. The molecule has 1 aromatic heterocycles. The Bertz CT molecular complexity index is 1190. The molecule has 0 bridgehead atoms. The normalized spacial score (nSPS) is 14.3. The van der Waals surface area contributed by atoms with Crippen LogP contribution in [0.25, 0.3) is 11.3 Å². The van der Waals surface area contributed by atoms with Gasteiger partial charge in [-0.3, -0.25) is 9.59 Å². The number of nitrogens with zero attached hydrogens (tertiary/aromatic N) is 4. The summed E-state index contributed by atoms with van der Waals surface area (Å²) >= 11 is 0. The van der Waals surface area contributed by atoms with Gasteiger partial charge in [-0.15, -0.1) is 0 Å². The molecule has 36 heavy (non-hydrogen) atoms. The summed E-state index contributed by atoms with van der Waals surface area (Å²) in [6.07, 6.45) is 2.96. The fraction of sp³-hybridized carbons (Fsp3) is 0.333. The second-order valence-electron chi connectivity index (χ2n) is 8.88. The van der Waals surface area contributed by atoms with Crippen molar-refractivity contribution in [2.75, 3.05) is 41.7 Å². The number of carbonyl (C=O) groups excluding carboxylic acids is 2. The zero-order chi connectivity index (χ0) is 25.5. The highest BCUT2D eigenvalue weighted by Gasteiger charge is 2.23. The van der Waals surface area contributed by atoms with Crippen LogP contribution in [0.15, 0.2) is 60.8 Å². The van der Waals surface area contributed by atoms with Gasteiger partial charge in [0.15, 0.2) is 0 Å². The van der Waals surface area contributed by atoms with Gasteiger partial charge in [0.1, 0.15) is 0 Å². The number of benzene rings is 2. The van der Waals surface area contributed by atoms with Crippen LogP contribution in [0.1, 0.15) is 26.7 Å². The minimum atomic E-state index is -0.462. The molecule has 9 nitrogen and oxygen atoms in total. The van der Waals surface area contributed by atoms with Crippen LogP contribution in [-0.2, 0) is 9.59 Å². The summed E-state index contributed by atoms with van der Waals surface area (Å²) in [6.45, 7) is 6.58. The Labute approximate surface area is 211 Å². The lowest BCUT2D eigenvalue weighted by atomic mass is 10.1.